The number of fused-ring (bicyclic) bond motifs is 1. The Hall–Kier alpha value is -1.72. The minimum absolute atomic E-state index is 0.146. The lowest BCUT2D eigenvalue weighted by Gasteiger charge is -2.09. The van der Waals surface area contributed by atoms with Gasteiger partial charge in [0.2, 0.25) is 0 Å². The first kappa shape index (κ1) is 15.2. The average molecular weight is 328 g/mol. The zero-order valence-electron chi connectivity index (χ0n) is 12.7. The van der Waals surface area contributed by atoms with Crippen molar-refractivity contribution in [2.75, 3.05) is 5.75 Å². The molecule has 0 saturated heterocycles. The first-order valence-corrected chi connectivity index (χ1v) is 8.85. The molecule has 0 aliphatic heterocycles. The summed E-state index contributed by atoms with van der Waals surface area (Å²) in [5.41, 5.74) is 4.22. The molecule has 0 radical (unpaired) electrons. The summed E-state index contributed by atoms with van der Waals surface area (Å²) in [6.07, 6.45) is 1.56. The van der Waals surface area contributed by atoms with Crippen molar-refractivity contribution in [3.63, 3.8) is 0 Å². The second kappa shape index (κ2) is 6.18. The number of carbonyl (C=O) groups excluding carboxylic acids is 1. The van der Waals surface area contributed by atoms with Gasteiger partial charge in [0.05, 0.1) is 5.75 Å². The van der Waals surface area contributed by atoms with E-state index in [0.29, 0.717) is 5.75 Å². The molecule has 22 heavy (non-hydrogen) atoms. The second-order valence-corrected chi connectivity index (χ2v) is 7.14. The van der Waals surface area contributed by atoms with Gasteiger partial charge in [-0.1, -0.05) is 17.8 Å². The molecule has 0 unspecified atom stereocenters. The number of Topliss-reactive ketones (excluding diaryl/α,β-unsaturated/α-hetero) is 1. The maximum Gasteiger partial charge on any atom is 0.173 e. The molecule has 0 aliphatic carbocycles. The molecule has 5 heteroatoms. The van der Waals surface area contributed by atoms with E-state index >= 15 is 0 Å². The molecule has 3 rings (SSSR count). The molecule has 2 heterocycles. The Labute approximate surface area is 137 Å². The SMILES string of the molecule is Cc1cc(C)c(C(=O)CSc2ncnc3sccc23)cc1C. The molecule has 0 spiro atoms. The van der Waals surface area contributed by atoms with Crippen LogP contribution in [0.2, 0.25) is 0 Å². The zero-order valence-corrected chi connectivity index (χ0v) is 14.3. The molecule has 2 aromatic heterocycles. The Kier molecular flexibility index (Phi) is 4.27. The van der Waals surface area contributed by atoms with Gasteiger partial charge in [-0.2, -0.15) is 0 Å². The van der Waals surface area contributed by atoms with Crippen LogP contribution in [0.3, 0.4) is 0 Å². The summed E-state index contributed by atoms with van der Waals surface area (Å²) < 4.78 is 0. The van der Waals surface area contributed by atoms with E-state index in [2.05, 4.69) is 23.0 Å². The largest absolute Gasteiger partial charge is 0.293 e. The molecular formula is C17H16N2OS2. The van der Waals surface area contributed by atoms with Gasteiger partial charge >= 0.3 is 0 Å². The fraction of sp³-hybridized carbons (Fsp3) is 0.235. The molecule has 0 amide bonds. The first-order valence-electron chi connectivity index (χ1n) is 6.98. The van der Waals surface area contributed by atoms with E-state index in [4.69, 9.17) is 0 Å². The molecule has 0 saturated carbocycles. The van der Waals surface area contributed by atoms with E-state index in [-0.39, 0.29) is 5.78 Å². The second-order valence-electron chi connectivity index (χ2n) is 5.28. The van der Waals surface area contributed by atoms with Gasteiger partial charge in [0.25, 0.3) is 0 Å². The molecule has 1 aromatic carbocycles. The molecule has 3 aromatic rings. The number of rotatable bonds is 4. The van der Waals surface area contributed by atoms with Crippen LogP contribution in [0.15, 0.2) is 34.9 Å². The van der Waals surface area contributed by atoms with Crippen LogP contribution in [0.5, 0.6) is 0 Å². The van der Waals surface area contributed by atoms with Crippen LogP contribution in [0, 0.1) is 20.8 Å². The molecular weight excluding hydrogens is 312 g/mol. The third kappa shape index (κ3) is 2.91. The number of nitrogens with zero attached hydrogens (tertiary/aromatic N) is 2. The van der Waals surface area contributed by atoms with Crippen LogP contribution >= 0.6 is 23.1 Å². The lowest BCUT2D eigenvalue weighted by molar-refractivity contribution is 0.102. The Morgan fingerprint density at radius 1 is 1.14 bits per heavy atom. The summed E-state index contributed by atoms with van der Waals surface area (Å²) >= 11 is 3.07. The van der Waals surface area contributed by atoms with E-state index in [9.17, 15) is 4.79 Å². The van der Waals surface area contributed by atoms with Crippen molar-refractivity contribution in [2.45, 2.75) is 25.8 Å². The van der Waals surface area contributed by atoms with Gasteiger partial charge in [0.1, 0.15) is 16.2 Å². The number of hydrogen-bond donors (Lipinski definition) is 0. The number of ketones is 1. The van der Waals surface area contributed by atoms with Gasteiger partial charge in [0.15, 0.2) is 5.78 Å². The van der Waals surface area contributed by atoms with Gasteiger partial charge in [-0.05, 0) is 55.0 Å². The summed E-state index contributed by atoms with van der Waals surface area (Å²) in [7, 11) is 0. The third-order valence-electron chi connectivity index (χ3n) is 3.71. The predicted octanol–water partition coefficient (Wildman–Crippen LogP) is 4.59. The monoisotopic (exact) mass is 328 g/mol. The fourth-order valence-corrected chi connectivity index (χ4v) is 4.02. The summed E-state index contributed by atoms with van der Waals surface area (Å²) in [5.74, 6) is 0.540. The highest BCUT2D eigenvalue weighted by Crippen LogP contribution is 2.28. The number of hydrogen-bond acceptors (Lipinski definition) is 5. The summed E-state index contributed by atoms with van der Waals surface area (Å²) in [4.78, 5) is 22.0. The standard InChI is InChI=1S/C17H16N2OS2/c1-10-6-12(3)14(7-11(10)2)15(20)8-22-17-13-4-5-21-16(13)18-9-19-17/h4-7,9H,8H2,1-3H3. The molecule has 0 atom stereocenters. The van der Waals surface area contributed by atoms with Gasteiger partial charge in [-0.25, -0.2) is 9.97 Å². The van der Waals surface area contributed by atoms with Gasteiger partial charge < -0.3 is 0 Å². The normalized spacial score (nSPS) is 11.0. The molecule has 0 aliphatic rings. The van der Waals surface area contributed by atoms with Gasteiger partial charge in [-0.15, -0.1) is 11.3 Å². The summed E-state index contributed by atoms with van der Waals surface area (Å²) in [6.45, 7) is 6.10. The highest BCUT2D eigenvalue weighted by molar-refractivity contribution is 8.00. The molecule has 112 valence electrons. The van der Waals surface area contributed by atoms with Crippen molar-refractivity contribution in [3.8, 4) is 0 Å². The number of thioether (sulfide) groups is 1. The number of aromatic nitrogens is 2. The molecule has 3 nitrogen and oxygen atoms in total. The third-order valence-corrected chi connectivity index (χ3v) is 5.53. The Balaban J connectivity index is 1.81. The summed E-state index contributed by atoms with van der Waals surface area (Å²) in [6, 6.07) is 6.08. The van der Waals surface area contributed by atoms with Gasteiger partial charge in [-0.3, -0.25) is 4.79 Å². The number of carbonyl (C=O) groups is 1. The Bertz CT molecular complexity index is 855. The minimum Gasteiger partial charge on any atom is -0.293 e. The number of thiophene rings is 1. The number of aryl methyl sites for hydroxylation is 3. The highest BCUT2D eigenvalue weighted by atomic mass is 32.2. The van der Waals surface area contributed by atoms with Crippen molar-refractivity contribution >= 4 is 39.1 Å². The van der Waals surface area contributed by atoms with E-state index < -0.39 is 0 Å². The lowest BCUT2D eigenvalue weighted by atomic mass is 9.99. The zero-order chi connectivity index (χ0) is 15.7. The molecule has 0 bridgehead atoms. The lowest BCUT2D eigenvalue weighted by Crippen LogP contribution is -2.06. The maximum atomic E-state index is 12.5. The van der Waals surface area contributed by atoms with Gasteiger partial charge in [0, 0.05) is 10.9 Å². The average Bonchev–Trinajstić information content (AvgIpc) is 2.97. The van der Waals surface area contributed by atoms with E-state index in [1.54, 1.807) is 17.7 Å². The van der Waals surface area contributed by atoms with Crippen LogP contribution in [0.4, 0.5) is 0 Å². The Morgan fingerprint density at radius 3 is 2.73 bits per heavy atom. The predicted molar refractivity (Wildman–Crippen MR) is 93.1 cm³/mol. The van der Waals surface area contributed by atoms with Crippen LogP contribution in [-0.2, 0) is 0 Å². The smallest absolute Gasteiger partial charge is 0.173 e. The summed E-state index contributed by atoms with van der Waals surface area (Å²) in [5, 5.41) is 3.90. The van der Waals surface area contributed by atoms with Crippen LogP contribution in [-0.4, -0.2) is 21.5 Å². The Morgan fingerprint density at radius 2 is 1.91 bits per heavy atom. The van der Waals surface area contributed by atoms with Crippen molar-refractivity contribution in [1.82, 2.24) is 9.97 Å². The first-order chi connectivity index (χ1) is 10.6. The van der Waals surface area contributed by atoms with Crippen molar-refractivity contribution in [3.05, 3.63) is 52.2 Å². The van der Waals surface area contributed by atoms with Crippen molar-refractivity contribution < 1.29 is 4.79 Å². The van der Waals surface area contributed by atoms with E-state index in [0.717, 1.165) is 31.9 Å². The van der Waals surface area contributed by atoms with Crippen LogP contribution in [0.25, 0.3) is 10.2 Å². The number of benzene rings is 1. The maximum absolute atomic E-state index is 12.5. The molecule has 0 fully saturated rings. The fourth-order valence-electron chi connectivity index (χ4n) is 2.35. The quantitative estimate of drug-likeness (QED) is 0.399. The van der Waals surface area contributed by atoms with Crippen molar-refractivity contribution in [2.24, 2.45) is 0 Å². The van der Waals surface area contributed by atoms with Crippen LogP contribution < -0.4 is 0 Å². The topological polar surface area (TPSA) is 42.9 Å². The molecule has 0 N–H and O–H groups in total. The highest BCUT2D eigenvalue weighted by Gasteiger charge is 2.13. The van der Waals surface area contributed by atoms with E-state index in [1.165, 1.54) is 17.3 Å². The minimum atomic E-state index is 0.146. The van der Waals surface area contributed by atoms with E-state index in [1.807, 2.05) is 31.4 Å². The van der Waals surface area contributed by atoms with Crippen molar-refractivity contribution in [1.29, 1.82) is 0 Å². The van der Waals surface area contributed by atoms with Crippen LogP contribution in [0.1, 0.15) is 27.0 Å².